The topological polar surface area (TPSA) is 35.5 Å². The van der Waals surface area contributed by atoms with Crippen LogP contribution in [0.4, 0.5) is 0 Å². The van der Waals surface area contributed by atoms with Crippen molar-refractivity contribution in [3.8, 4) is 0 Å². The number of hydrogen-bond donors (Lipinski definition) is 0. The maximum Gasteiger partial charge on any atom is 0.315 e. The number of rotatable bonds is 0. The van der Waals surface area contributed by atoms with E-state index < -0.39 is 0 Å². The Hall–Kier alpha value is -0.570. The highest BCUT2D eigenvalue weighted by Gasteiger charge is 2.56. The number of ether oxygens (including phenoxy) is 2. The van der Waals surface area contributed by atoms with Gasteiger partial charge in [0.1, 0.15) is 12.0 Å². The molecule has 2 bridgehead atoms. The van der Waals surface area contributed by atoms with Gasteiger partial charge >= 0.3 is 5.97 Å². The number of esters is 1. The third-order valence-electron chi connectivity index (χ3n) is 3.34. The van der Waals surface area contributed by atoms with Gasteiger partial charge in [0.25, 0.3) is 0 Å². The molecule has 0 aliphatic carbocycles. The molecule has 3 saturated heterocycles. The lowest BCUT2D eigenvalue weighted by Gasteiger charge is -2.44. The molecule has 0 amide bonds. The summed E-state index contributed by atoms with van der Waals surface area (Å²) >= 11 is 0. The molecule has 66 valence electrons. The molecule has 3 rings (SSSR count). The highest BCUT2D eigenvalue weighted by molar-refractivity contribution is 5.82. The van der Waals surface area contributed by atoms with Gasteiger partial charge in [0, 0.05) is 0 Å². The van der Waals surface area contributed by atoms with Crippen LogP contribution in [0.1, 0.15) is 25.7 Å². The van der Waals surface area contributed by atoms with E-state index in [2.05, 4.69) is 0 Å². The van der Waals surface area contributed by atoms with Gasteiger partial charge in [0.05, 0.1) is 12.2 Å². The first-order chi connectivity index (χ1) is 5.78. The third kappa shape index (κ3) is 0.724. The van der Waals surface area contributed by atoms with Crippen LogP contribution in [-0.4, -0.2) is 24.8 Å². The molecule has 0 radical (unpaired) electrons. The van der Waals surface area contributed by atoms with Gasteiger partial charge in [-0.25, -0.2) is 0 Å². The summed E-state index contributed by atoms with van der Waals surface area (Å²) in [5.74, 6) is 0.0164. The Kier molecular flexibility index (Phi) is 1.16. The van der Waals surface area contributed by atoms with Crippen LogP contribution in [-0.2, 0) is 14.3 Å². The molecule has 3 nitrogen and oxygen atoms in total. The first-order valence-electron chi connectivity index (χ1n) is 4.61. The highest BCUT2D eigenvalue weighted by Crippen LogP contribution is 2.48. The first kappa shape index (κ1) is 6.89. The monoisotopic (exact) mass is 168 g/mol. The number of fused-ring (bicyclic) bond motifs is 2. The highest BCUT2D eigenvalue weighted by atomic mass is 16.6. The summed E-state index contributed by atoms with van der Waals surface area (Å²) in [5, 5.41) is 0. The fourth-order valence-electron chi connectivity index (χ4n) is 2.66. The summed E-state index contributed by atoms with van der Waals surface area (Å²) < 4.78 is 10.5. The van der Waals surface area contributed by atoms with Crippen molar-refractivity contribution in [3.05, 3.63) is 0 Å². The lowest BCUT2D eigenvalue weighted by molar-refractivity contribution is -0.204. The second-order valence-corrected chi connectivity index (χ2v) is 4.22. The minimum Gasteiger partial charge on any atom is -0.464 e. The van der Waals surface area contributed by atoms with E-state index in [0.717, 1.165) is 25.7 Å². The molecule has 3 heteroatoms. The maximum absolute atomic E-state index is 11.2. The summed E-state index contributed by atoms with van der Waals surface area (Å²) in [5.41, 5.74) is -0.121. The van der Waals surface area contributed by atoms with Crippen molar-refractivity contribution in [1.82, 2.24) is 0 Å². The third-order valence-corrected chi connectivity index (χ3v) is 3.34. The Labute approximate surface area is 71.0 Å². The standard InChI is InChI=1S/C9H12O3/c10-8-9(5-11-8)3-6-1-2-7(4-9)12-6/h6-7H,1-5H2. The maximum atomic E-state index is 11.2. The van der Waals surface area contributed by atoms with Gasteiger partial charge in [-0.1, -0.05) is 0 Å². The Balaban J connectivity index is 1.86. The van der Waals surface area contributed by atoms with E-state index in [-0.39, 0.29) is 11.4 Å². The zero-order valence-electron chi connectivity index (χ0n) is 6.91. The molecule has 0 aromatic heterocycles. The van der Waals surface area contributed by atoms with Crippen molar-refractivity contribution >= 4 is 5.97 Å². The quantitative estimate of drug-likeness (QED) is 0.503. The number of carbonyl (C=O) groups is 1. The lowest BCUT2D eigenvalue weighted by Crippen LogP contribution is -2.53. The summed E-state index contributed by atoms with van der Waals surface area (Å²) in [6.45, 7) is 0.641. The van der Waals surface area contributed by atoms with Gasteiger partial charge in [-0.05, 0) is 25.7 Å². The van der Waals surface area contributed by atoms with Crippen molar-refractivity contribution in [3.63, 3.8) is 0 Å². The molecule has 0 aromatic carbocycles. The fourth-order valence-corrected chi connectivity index (χ4v) is 2.66. The smallest absolute Gasteiger partial charge is 0.315 e. The first-order valence-corrected chi connectivity index (χ1v) is 4.61. The number of cyclic esters (lactones) is 1. The predicted molar refractivity (Wildman–Crippen MR) is 40.5 cm³/mol. The van der Waals surface area contributed by atoms with E-state index in [1.54, 1.807) is 0 Å². The van der Waals surface area contributed by atoms with Gasteiger partial charge in [-0.2, -0.15) is 0 Å². The molecule has 0 N–H and O–H groups in total. The largest absolute Gasteiger partial charge is 0.464 e. The fraction of sp³-hybridized carbons (Fsp3) is 0.889. The molecule has 3 aliphatic rings. The summed E-state index contributed by atoms with van der Waals surface area (Å²) in [4.78, 5) is 11.2. The van der Waals surface area contributed by atoms with Crippen LogP contribution in [0.25, 0.3) is 0 Å². The second kappa shape index (κ2) is 2.02. The van der Waals surface area contributed by atoms with Crippen molar-refractivity contribution in [2.45, 2.75) is 37.9 Å². The Bertz CT molecular complexity index is 224. The molecule has 3 fully saturated rings. The van der Waals surface area contributed by atoms with Gasteiger partial charge < -0.3 is 9.47 Å². The Morgan fingerprint density at radius 2 is 1.92 bits per heavy atom. The van der Waals surface area contributed by atoms with Gasteiger partial charge in [0.2, 0.25) is 0 Å². The van der Waals surface area contributed by atoms with E-state index >= 15 is 0 Å². The van der Waals surface area contributed by atoms with E-state index in [4.69, 9.17) is 9.47 Å². The zero-order valence-corrected chi connectivity index (χ0v) is 6.91. The van der Waals surface area contributed by atoms with Crippen LogP contribution in [0.2, 0.25) is 0 Å². The molecule has 3 heterocycles. The van der Waals surface area contributed by atoms with Crippen LogP contribution in [0.5, 0.6) is 0 Å². The van der Waals surface area contributed by atoms with Crippen molar-refractivity contribution in [1.29, 1.82) is 0 Å². The molecule has 2 atom stereocenters. The second-order valence-electron chi connectivity index (χ2n) is 4.22. The molecule has 0 aromatic rings. The van der Waals surface area contributed by atoms with E-state index in [1.165, 1.54) is 0 Å². The lowest BCUT2D eigenvalue weighted by atomic mass is 9.75. The number of hydrogen-bond acceptors (Lipinski definition) is 3. The number of carbonyl (C=O) groups excluding carboxylic acids is 1. The van der Waals surface area contributed by atoms with Gasteiger partial charge in [-0.3, -0.25) is 4.79 Å². The van der Waals surface area contributed by atoms with Crippen LogP contribution in [0.15, 0.2) is 0 Å². The summed E-state index contributed by atoms with van der Waals surface area (Å²) in [6.07, 6.45) is 4.78. The van der Waals surface area contributed by atoms with Crippen molar-refractivity contribution in [2.75, 3.05) is 6.61 Å². The summed E-state index contributed by atoms with van der Waals surface area (Å²) in [7, 11) is 0. The van der Waals surface area contributed by atoms with Crippen molar-refractivity contribution in [2.24, 2.45) is 5.41 Å². The molecular formula is C9H12O3. The normalized spacial score (nSPS) is 50.5. The van der Waals surface area contributed by atoms with E-state index in [9.17, 15) is 4.79 Å². The average Bonchev–Trinajstić information content (AvgIpc) is 2.43. The molecular weight excluding hydrogens is 156 g/mol. The zero-order chi connectivity index (χ0) is 8.18. The minimum atomic E-state index is -0.121. The van der Waals surface area contributed by atoms with Crippen LogP contribution in [0, 0.1) is 5.41 Å². The molecule has 0 saturated carbocycles. The van der Waals surface area contributed by atoms with Crippen LogP contribution >= 0.6 is 0 Å². The van der Waals surface area contributed by atoms with Gasteiger partial charge in [-0.15, -0.1) is 0 Å². The molecule has 2 unspecified atom stereocenters. The van der Waals surface area contributed by atoms with E-state index in [1.807, 2.05) is 0 Å². The van der Waals surface area contributed by atoms with Crippen LogP contribution < -0.4 is 0 Å². The minimum absolute atomic E-state index is 0.0164. The molecule has 12 heavy (non-hydrogen) atoms. The SMILES string of the molecule is O=C1OCC12CC1CCC(C2)O1. The Morgan fingerprint density at radius 1 is 1.25 bits per heavy atom. The van der Waals surface area contributed by atoms with Crippen molar-refractivity contribution < 1.29 is 14.3 Å². The molecule has 3 aliphatic heterocycles. The van der Waals surface area contributed by atoms with E-state index in [0.29, 0.717) is 18.8 Å². The summed E-state index contributed by atoms with van der Waals surface area (Å²) in [6, 6.07) is 0. The average molecular weight is 168 g/mol. The predicted octanol–water partition coefficient (Wildman–Crippen LogP) is 0.871. The Morgan fingerprint density at radius 3 is 2.33 bits per heavy atom. The van der Waals surface area contributed by atoms with Crippen LogP contribution in [0.3, 0.4) is 0 Å². The molecule has 1 spiro atoms. The van der Waals surface area contributed by atoms with Gasteiger partial charge in [0.15, 0.2) is 0 Å².